The quantitative estimate of drug-likeness (QED) is 0.307. The molecule has 0 amide bonds. The lowest BCUT2D eigenvalue weighted by Crippen LogP contribution is -2.10. The lowest BCUT2D eigenvalue weighted by atomic mass is 10.2. The van der Waals surface area contributed by atoms with Gasteiger partial charge in [-0.25, -0.2) is 4.79 Å². The van der Waals surface area contributed by atoms with Crippen molar-refractivity contribution in [3.05, 3.63) is 65.4 Å². The van der Waals surface area contributed by atoms with Gasteiger partial charge in [0.15, 0.2) is 5.75 Å². The highest BCUT2D eigenvalue weighted by molar-refractivity contribution is 7.87. The van der Waals surface area contributed by atoms with Gasteiger partial charge in [-0.15, -0.1) is 0 Å². The summed E-state index contributed by atoms with van der Waals surface area (Å²) >= 11 is 0. The van der Waals surface area contributed by atoms with Gasteiger partial charge >= 0.3 is 16.1 Å². The van der Waals surface area contributed by atoms with E-state index in [-0.39, 0.29) is 21.9 Å². The van der Waals surface area contributed by atoms with E-state index >= 15 is 0 Å². The highest BCUT2D eigenvalue weighted by atomic mass is 32.2. The van der Waals surface area contributed by atoms with Gasteiger partial charge in [-0.05, 0) is 37.3 Å². The molecule has 0 bridgehead atoms. The van der Waals surface area contributed by atoms with Crippen molar-refractivity contribution in [3.8, 4) is 11.8 Å². The van der Waals surface area contributed by atoms with Gasteiger partial charge in [0.25, 0.3) is 0 Å². The van der Waals surface area contributed by atoms with Crippen molar-refractivity contribution < 1.29 is 22.1 Å². The molecular formula is C20H16N2O5S. The van der Waals surface area contributed by atoms with E-state index in [9.17, 15) is 18.5 Å². The molecule has 2 aromatic carbocycles. The minimum absolute atomic E-state index is 0.00664. The number of methoxy groups -OCH3 is 1. The first-order valence-corrected chi connectivity index (χ1v) is 9.58. The third-order valence-corrected chi connectivity index (χ3v) is 5.24. The second-order valence-corrected chi connectivity index (χ2v) is 7.47. The van der Waals surface area contributed by atoms with Gasteiger partial charge in [0.05, 0.1) is 12.8 Å². The van der Waals surface area contributed by atoms with Gasteiger partial charge in [0, 0.05) is 10.9 Å². The maximum atomic E-state index is 12.7. The third kappa shape index (κ3) is 3.75. The molecule has 0 unspecified atom stereocenters. The Morgan fingerprint density at radius 2 is 1.82 bits per heavy atom. The number of rotatable bonds is 5. The number of H-pyrrole nitrogens is 1. The summed E-state index contributed by atoms with van der Waals surface area (Å²) in [6.45, 7) is 1.84. The Kier molecular flexibility index (Phi) is 5.20. The van der Waals surface area contributed by atoms with Gasteiger partial charge < -0.3 is 13.9 Å². The second kappa shape index (κ2) is 7.58. The van der Waals surface area contributed by atoms with Gasteiger partial charge in [0.1, 0.15) is 16.5 Å². The zero-order valence-corrected chi connectivity index (χ0v) is 15.9. The first-order chi connectivity index (χ1) is 13.4. The van der Waals surface area contributed by atoms with Crippen molar-refractivity contribution in [3.63, 3.8) is 0 Å². The van der Waals surface area contributed by atoms with Crippen molar-refractivity contribution in [1.82, 2.24) is 4.98 Å². The number of aromatic nitrogens is 1. The van der Waals surface area contributed by atoms with Crippen LogP contribution < -0.4 is 4.18 Å². The standard InChI is InChI=1S/C20H16N2O5S/c1-13-7-9-15(10-8-13)28(24,25)27-19-16-5-3-4-6-17(16)22-18(19)11-14(12-21)20(23)26-2/h3-11,22H,1-2H3/b14-11+. The molecule has 7 nitrogen and oxygen atoms in total. The fourth-order valence-corrected chi connectivity index (χ4v) is 3.55. The molecule has 1 aromatic heterocycles. The van der Waals surface area contributed by atoms with Gasteiger partial charge in [-0.3, -0.25) is 0 Å². The number of nitrogens with zero attached hydrogens (tertiary/aromatic N) is 1. The summed E-state index contributed by atoms with van der Waals surface area (Å²) in [5, 5.41) is 9.69. The summed E-state index contributed by atoms with van der Waals surface area (Å²) < 4.78 is 35.5. The molecule has 0 radical (unpaired) electrons. The molecule has 0 atom stereocenters. The van der Waals surface area contributed by atoms with Crippen LogP contribution in [0.1, 0.15) is 11.3 Å². The zero-order chi connectivity index (χ0) is 20.3. The van der Waals surface area contributed by atoms with E-state index < -0.39 is 16.1 Å². The van der Waals surface area contributed by atoms with Gasteiger partial charge in [-0.1, -0.05) is 29.8 Å². The fraction of sp³-hybridized carbons (Fsp3) is 0.100. The first kappa shape index (κ1) is 19.2. The molecule has 142 valence electrons. The molecule has 28 heavy (non-hydrogen) atoms. The third-order valence-electron chi connectivity index (χ3n) is 4.00. The molecule has 0 saturated carbocycles. The van der Waals surface area contributed by atoms with E-state index in [4.69, 9.17) is 4.18 Å². The maximum Gasteiger partial charge on any atom is 0.348 e. The van der Waals surface area contributed by atoms with Crippen LogP contribution in [0.25, 0.3) is 17.0 Å². The number of nitriles is 1. The van der Waals surface area contributed by atoms with Crippen molar-refractivity contribution in [2.75, 3.05) is 7.11 Å². The summed E-state index contributed by atoms with van der Waals surface area (Å²) in [5.74, 6) is -0.846. The summed E-state index contributed by atoms with van der Waals surface area (Å²) in [5.41, 5.74) is 1.36. The van der Waals surface area contributed by atoms with Crippen LogP contribution in [0.15, 0.2) is 59.0 Å². The Morgan fingerprint density at radius 3 is 2.46 bits per heavy atom. The van der Waals surface area contributed by atoms with E-state index in [1.165, 1.54) is 18.2 Å². The molecule has 8 heteroatoms. The number of esters is 1. The molecule has 3 aromatic rings. The second-order valence-electron chi connectivity index (χ2n) is 5.93. The van der Waals surface area contributed by atoms with Crippen molar-refractivity contribution in [2.45, 2.75) is 11.8 Å². The summed E-state index contributed by atoms with van der Waals surface area (Å²) in [6.07, 6.45) is 1.20. The molecule has 1 heterocycles. The lowest BCUT2D eigenvalue weighted by molar-refractivity contribution is -0.135. The van der Waals surface area contributed by atoms with Gasteiger partial charge in [-0.2, -0.15) is 13.7 Å². The van der Waals surface area contributed by atoms with E-state index in [1.807, 2.05) is 6.92 Å². The molecular weight excluding hydrogens is 380 g/mol. The van der Waals surface area contributed by atoms with Crippen LogP contribution >= 0.6 is 0 Å². The van der Waals surface area contributed by atoms with E-state index in [2.05, 4.69) is 9.72 Å². The Balaban J connectivity index is 2.14. The molecule has 0 aliphatic carbocycles. The highest BCUT2D eigenvalue weighted by Crippen LogP contribution is 2.34. The Labute approximate surface area is 161 Å². The predicted octanol–water partition coefficient (Wildman–Crippen LogP) is 3.32. The topological polar surface area (TPSA) is 109 Å². The number of fused-ring (bicyclic) bond motifs is 1. The van der Waals surface area contributed by atoms with Crippen LogP contribution in [0.5, 0.6) is 5.75 Å². The Hall–Kier alpha value is -3.57. The molecule has 3 rings (SSSR count). The number of ether oxygens (including phenoxy) is 1. The van der Waals surface area contributed by atoms with E-state index in [0.717, 1.165) is 12.7 Å². The number of hydrogen-bond donors (Lipinski definition) is 1. The Morgan fingerprint density at radius 1 is 1.14 bits per heavy atom. The number of benzene rings is 2. The van der Waals surface area contributed by atoms with Crippen LogP contribution in [-0.2, 0) is 19.6 Å². The predicted molar refractivity (Wildman–Crippen MR) is 103 cm³/mol. The number of hydrogen-bond acceptors (Lipinski definition) is 6. The maximum absolute atomic E-state index is 12.7. The monoisotopic (exact) mass is 396 g/mol. The number of carbonyl (C=O) groups excluding carboxylic acids is 1. The summed E-state index contributed by atoms with van der Waals surface area (Å²) in [7, 11) is -2.98. The van der Waals surface area contributed by atoms with Crippen LogP contribution in [0, 0.1) is 18.3 Å². The molecule has 0 fully saturated rings. The fourth-order valence-electron chi connectivity index (χ4n) is 2.58. The van der Waals surface area contributed by atoms with E-state index in [1.54, 1.807) is 42.5 Å². The molecule has 0 aliphatic rings. The number of carbonyl (C=O) groups is 1. The average Bonchev–Trinajstić information content (AvgIpc) is 3.02. The van der Waals surface area contributed by atoms with Crippen LogP contribution in [0.4, 0.5) is 0 Å². The van der Waals surface area contributed by atoms with Crippen LogP contribution in [0.3, 0.4) is 0 Å². The van der Waals surface area contributed by atoms with Crippen LogP contribution in [-0.4, -0.2) is 26.5 Å². The molecule has 0 aliphatic heterocycles. The average molecular weight is 396 g/mol. The zero-order valence-electron chi connectivity index (χ0n) is 15.1. The Bertz CT molecular complexity index is 1220. The summed E-state index contributed by atoms with van der Waals surface area (Å²) in [6, 6.07) is 14.8. The first-order valence-electron chi connectivity index (χ1n) is 8.17. The SMILES string of the molecule is COC(=O)/C(C#N)=C/c1[nH]c2ccccc2c1OS(=O)(=O)c1ccc(C)cc1. The number of aryl methyl sites for hydroxylation is 1. The molecule has 0 saturated heterocycles. The van der Waals surface area contributed by atoms with Gasteiger partial charge in [0.2, 0.25) is 0 Å². The normalized spacial score (nSPS) is 11.8. The van der Waals surface area contributed by atoms with E-state index in [0.29, 0.717) is 10.9 Å². The molecule has 0 spiro atoms. The van der Waals surface area contributed by atoms with Crippen LogP contribution in [0.2, 0.25) is 0 Å². The molecule has 1 N–H and O–H groups in total. The highest BCUT2D eigenvalue weighted by Gasteiger charge is 2.22. The minimum atomic E-state index is -4.13. The minimum Gasteiger partial charge on any atom is -0.465 e. The number of nitrogens with one attached hydrogen (secondary N) is 1. The number of para-hydroxylation sites is 1. The number of aromatic amines is 1. The van der Waals surface area contributed by atoms with Crippen molar-refractivity contribution in [2.24, 2.45) is 0 Å². The smallest absolute Gasteiger partial charge is 0.348 e. The lowest BCUT2D eigenvalue weighted by Gasteiger charge is -2.08. The van der Waals surface area contributed by atoms with Crippen molar-refractivity contribution in [1.29, 1.82) is 5.26 Å². The van der Waals surface area contributed by atoms with Crippen molar-refractivity contribution >= 4 is 33.1 Å². The largest absolute Gasteiger partial charge is 0.465 e. The summed E-state index contributed by atoms with van der Waals surface area (Å²) in [4.78, 5) is 14.7.